The Balaban J connectivity index is 2.27. The Morgan fingerprint density at radius 2 is 1.23 bits per heavy atom. The van der Waals surface area contributed by atoms with Gasteiger partial charge in [-0.2, -0.15) is 4.39 Å². The van der Waals surface area contributed by atoms with E-state index in [1.807, 2.05) is 5.09 Å². The first-order chi connectivity index (χ1) is 26.8. The van der Waals surface area contributed by atoms with Crippen LogP contribution in [0.3, 0.4) is 0 Å². The van der Waals surface area contributed by atoms with Gasteiger partial charge in [0.25, 0.3) is 5.91 Å². The minimum absolute atomic E-state index is 0.0239. The predicted molar refractivity (Wildman–Crippen MR) is 196 cm³/mol. The molecule has 0 aromatic carbocycles. The summed E-state index contributed by atoms with van der Waals surface area (Å²) in [6, 6.07) is -3.48. The molecule has 0 saturated heterocycles. The zero-order valence-electron chi connectivity index (χ0n) is 30.9. The highest BCUT2D eigenvalue weighted by Crippen LogP contribution is 2.38. The number of pyridine rings is 1. The van der Waals surface area contributed by atoms with Crippen LogP contribution in [0.1, 0.15) is 100 Å². The van der Waals surface area contributed by atoms with E-state index in [1.54, 1.807) is 0 Å². The molecule has 10 N–H and O–H groups in total. The summed E-state index contributed by atoms with van der Waals surface area (Å²) in [4.78, 5) is 107. The minimum atomic E-state index is -4.73. The molecule has 57 heavy (non-hydrogen) atoms. The van der Waals surface area contributed by atoms with Crippen LogP contribution in [-0.2, 0) is 42.7 Å². The van der Waals surface area contributed by atoms with Gasteiger partial charge in [-0.05, 0) is 57.4 Å². The van der Waals surface area contributed by atoms with Crippen LogP contribution in [0.25, 0.3) is 0 Å². The number of rotatable bonds is 31. The molecule has 0 saturated carbocycles. The highest BCUT2D eigenvalue weighted by Gasteiger charge is 2.30. The lowest BCUT2D eigenvalue weighted by Crippen LogP contribution is -2.44. The molecular weight excluding hydrogens is 805 g/mol. The molecule has 0 aliphatic carbocycles. The molecule has 1 heterocycles. The average molecular weight is 854 g/mol. The molecule has 1 aromatic rings. The summed E-state index contributed by atoms with van der Waals surface area (Å²) in [7, 11) is -4.73. The van der Waals surface area contributed by atoms with E-state index in [2.05, 4.69) is 26.3 Å². The van der Waals surface area contributed by atoms with Gasteiger partial charge in [-0.25, -0.2) is 24.2 Å². The molecule has 1 aromatic heterocycles. The van der Waals surface area contributed by atoms with Crippen LogP contribution in [0.15, 0.2) is 12.3 Å². The van der Waals surface area contributed by atoms with Crippen LogP contribution in [0.4, 0.5) is 4.39 Å². The summed E-state index contributed by atoms with van der Waals surface area (Å²) in [6.45, 7) is 0.168. The molecule has 320 valence electrons. The van der Waals surface area contributed by atoms with Gasteiger partial charge < -0.3 is 46.6 Å². The van der Waals surface area contributed by atoms with E-state index in [4.69, 9.17) is 26.3 Å². The second kappa shape index (κ2) is 27.0. The second-order valence-corrected chi connectivity index (χ2v) is 14.6. The number of aromatic nitrogens is 1. The van der Waals surface area contributed by atoms with E-state index in [0.29, 0.717) is 51.6 Å². The molecule has 0 spiro atoms. The van der Waals surface area contributed by atoms with Crippen molar-refractivity contribution in [1.82, 2.24) is 31.3 Å². The summed E-state index contributed by atoms with van der Waals surface area (Å²) in [6.07, 6.45) is 2.24. The fourth-order valence-corrected chi connectivity index (χ4v) is 6.14. The van der Waals surface area contributed by atoms with Crippen LogP contribution in [0.5, 0.6) is 0 Å². The van der Waals surface area contributed by atoms with Crippen molar-refractivity contribution < 1.29 is 77.2 Å². The Labute approximate surface area is 331 Å². The second-order valence-electron chi connectivity index (χ2n) is 12.6. The molecule has 4 amide bonds. The van der Waals surface area contributed by atoms with Crippen molar-refractivity contribution in [2.75, 3.05) is 19.7 Å². The topological polar surface area (TPSA) is 337 Å². The van der Waals surface area contributed by atoms with Crippen molar-refractivity contribution in [3.63, 3.8) is 0 Å². The molecule has 0 aliphatic rings. The van der Waals surface area contributed by atoms with Crippen molar-refractivity contribution in [1.29, 1.82) is 0 Å². The fourth-order valence-electron chi connectivity index (χ4n) is 4.88. The van der Waals surface area contributed by atoms with Gasteiger partial charge in [0, 0.05) is 45.0 Å². The maximum atomic E-state index is 13.1. The first-order valence-electron chi connectivity index (χ1n) is 17.9. The van der Waals surface area contributed by atoms with Gasteiger partial charge in [0.2, 0.25) is 23.7 Å². The minimum Gasteiger partial charge on any atom is -0.481 e. The molecule has 1 rings (SSSR count). The number of carbonyl (C=O) groups excluding carboxylic acids is 4. The third-order valence-electron chi connectivity index (χ3n) is 7.92. The summed E-state index contributed by atoms with van der Waals surface area (Å²) >= 11 is 5.62. The maximum absolute atomic E-state index is 13.1. The number of carboxylic acids is 4. The van der Waals surface area contributed by atoms with E-state index in [-0.39, 0.29) is 48.6 Å². The van der Waals surface area contributed by atoms with E-state index in [0.717, 1.165) is 6.20 Å². The highest BCUT2D eigenvalue weighted by molar-refractivity contribution is 7.50. The van der Waals surface area contributed by atoms with Gasteiger partial charge in [-0.15, -0.1) is 0 Å². The number of aliphatic carboxylic acids is 4. The zero-order chi connectivity index (χ0) is 43.0. The van der Waals surface area contributed by atoms with Gasteiger partial charge in [0.1, 0.15) is 18.1 Å². The number of carbonyl (C=O) groups is 8. The third kappa shape index (κ3) is 23.2. The number of carboxylic acid groups (broad SMARTS) is 4. The van der Waals surface area contributed by atoms with Crippen LogP contribution in [0.2, 0.25) is 5.02 Å². The Morgan fingerprint density at radius 1 is 0.702 bits per heavy atom. The van der Waals surface area contributed by atoms with Crippen LogP contribution in [-0.4, -0.2) is 116 Å². The monoisotopic (exact) mass is 853 g/mol. The number of hydrogen-bond acceptors (Lipinski definition) is 11. The van der Waals surface area contributed by atoms with Gasteiger partial charge in [-0.1, -0.05) is 24.4 Å². The number of hydrogen-bond donors (Lipinski definition) is 10. The average Bonchev–Trinajstić information content (AvgIpc) is 3.13. The molecule has 0 aliphatic heterocycles. The van der Waals surface area contributed by atoms with Gasteiger partial charge >= 0.3 is 31.6 Å². The molecular formula is C33H49ClFN6O15P. The molecule has 0 fully saturated rings. The SMILES string of the molecule is O=C(O)CC[C@H](NP(=O)(O)OCCC[C@H](NC(=O)CC[C@H](NC(=O)CCCCCNC(=O)CCCCCNC(=O)c1cnc([18F])c(Cl)c1)C(=O)O)C(=O)O)C(=O)O. The summed E-state index contributed by atoms with van der Waals surface area (Å²) in [5.74, 6) is -8.72. The fraction of sp³-hybridized carbons (Fsp3) is 0.606. The van der Waals surface area contributed by atoms with Gasteiger partial charge in [0.15, 0.2) is 0 Å². The van der Waals surface area contributed by atoms with E-state index in [1.165, 1.54) is 6.07 Å². The van der Waals surface area contributed by atoms with Gasteiger partial charge in [0.05, 0.1) is 17.2 Å². The predicted octanol–water partition coefficient (Wildman–Crippen LogP) is 1.56. The lowest BCUT2D eigenvalue weighted by molar-refractivity contribution is -0.143. The van der Waals surface area contributed by atoms with Gasteiger partial charge in [-0.3, -0.25) is 33.3 Å². The lowest BCUT2D eigenvalue weighted by atomic mass is 10.1. The van der Waals surface area contributed by atoms with Crippen LogP contribution >= 0.6 is 19.3 Å². The number of nitrogens with one attached hydrogen (secondary N) is 5. The number of unbranched alkanes of at least 4 members (excludes halogenated alkanes) is 4. The molecule has 0 bridgehead atoms. The van der Waals surface area contributed by atoms with E-state index >= 15 is 0 Å². The van der Waals surface area contributed by atoms with Crippen molar-refractivity contribution in [2.24, 2.45) is 0 Å². The summed E-state index contributed by atoms with van der Waals surface area (Å²) in [5.41, 5.74) is 0.130. The zero-order valence-corrected chi connectivity index (χ0v) is 32.5. The quantitative estimate of drug-likeness (QED) is 0.0288. The third-order valence-corrected chi connectivity index (χ3v) is 9.36. The standard InChI is InChI=1S/C33H49ClFN6O15P/c34-21-18-20(19-38-29(21)35)30(47)37-16-6-1-3-9-25(42)36-15-5-2-4-10-26(43)40-23(32(50)51)11-13-27(44)39-22(31(48)49)8-7-17-56-57(54,55)41-24(33(52)53)12-14-28(45)46/h18-19,22-24H,1-17H2,(H,36,42)(H,37,47)(H,39,44)(H,40,43)(H,45,46)(H,48,49)(H,50,51)(H,52,53)(H2,41,54,55)/t22-,23-,24-/m0/s1/i35-1. The summed E-state index contributed by atoms with van der Waals surface area (Å²) < 4.78 is 30.0. The van der Waals surface area contributed by atoms with Crippen LogP contribution in [0, 0.1) is 5.95 Å². The molecule has 21 nitrogen and oxygen atoms in total. The highest BCUT2D eigenvalue weighted by atomic mass is 35.5. The molecule has 24 heteroatoms. The summed E-state index contributed by atoms with van der Waals surface area (Å²) in [5, 5.41) is 48.2. The number of halogens is 2. The molecule has 0 radical (unpaired) electrons. The Kier molecular flexibility index (Phi) is 23.8. The van der Waals surface area contributed by atoms with Crippen molar-refractivity contribution in [3.8, 4) is 0 Å². The first-order valence-corrected chi connectivity index (χ1v) is 19.9. The lowest BCUT2D eigenvalue weighted by Gasteiger charge is -2.19. The Morgan fingerprint density at radius 3 is 1.79 bits per heavy atom. The molecule has 1 unspecified atom stereocenters. The normalized spacial score (nSPS) is 13.6. The Hall–Kier alpha value is -4.76. The largest absolute Gasteiger partial charge is 0.481 e. The van der Waals surface area contributed by atoms with Crippen molar-refractivity contribution in [2.45, 2.75) is 108 Å². The van der Waals surface area contributed by atoms with Crippen molar-refractivity contribution in [3.05, 3.63) is 28.8 Å². The first kappa shape index (κ1) is 50.3. The number of nitrogens with zero attached hydrogens (tertiary/aromatic N) is 1. The number of amides is 4. The Bertz CT molecular complexity index is 1610. The van der Waals surface area contributed by atoms with Crippen LogP contribution < -0.4 is 26.4 Å². The van der Waals surface area contributed by atoms with E-state index in [9.17, 15) is 62.4 Å². The van der Waals surface area contributed by atoms with E-state index < -0.39 is 99.3 Å². The van der Waals surface area contributed by atoms with Crippen molar-refractivity contribution >= 4 is 66.9 Å². The smallest absolute Gasteiger partial charge is 0.403 e. The molecule has 4 atom stereocenters. The maximum Gasteiger partial charge on any atom is 0.403 e.